The van der Waals surface area contributed by atoms with Crippen LogP contribution in [0.5, 0.6) is 5.75 Å². The molecule has 0 unspecified atom stereocenters. The molecule has 0 spiro atoms. The Morgan fingerprint density at radius 1 is 1.00 bits per heavy atom. The summed E-state index contributed by atoms with van der Waals surface area (Å²) in [5.41, 5.74) is 3.69. The van der Waals surface area contributed by atoms with Crippen molar-refractivity contribution in [2.45, 2.75) is 13.5 Å². The van der Waals surface area contributed by atoms with Crippen molar-refractivity contribution in [1.29, 1.82) is 0 Å². The van der Waals surface area contributed by atoms with Gasteiger partial charge >= 0.3 is 0 Å². The molecule has 0 aliphatic carbocycles. The molecule has 0 radical (unpaired) electrons. The summed E-state index contributed by atoms with van der Waals surface area (Å²) in [6.07, 6.45) is 2.14. The first-order chi connectivity index (χ1) is 9.31. The van der Waals surface area contributed by atoms with E-state index in [0.717, 1.165) is 12.3 Å². The van der Waals surface area contributed by atoms with Crippen LogP contribution >= 0.6 is 0 Å². The maximum absolute atomic E-state index is 5.29. The first-order valence-electron chi connectivity index (χ1n) is 6.55. The van der Waals surface area contributed by atoms with Gasteiger partial charge in [-0.15, -0.1) is 0 Å². The van der Waals surface area contributed by atoms with Gasteiger partial charge < -0.3 is 9.30 Å². The molecule has 0 fully saturated rings. The summed E-state index contributed by atoms with van der Waals surface area (Å²) < 4.78 is 7.55. The molecule has 3 rings (SSSR count). The molecule has 0 saturated heterocycles. The quantitative estimate of drug-likeness (QED) is 0.675. The zero-order valence-corrected chi connectivity index (χ0v) is 11.3. The normalized spacial score (nSPS) is 10.8. The lowest BCUT2D eigenvalue weighted by molar-refractivity contribution is 0.415. The summed E-state index contributed by atoms with van der Waals surface area (Å²) in [7, 11) is 1.70. The molecule has 0 saturated carbocycles. The highest BCUT2D eigenvalue weighted by Crippen LogP contribution is 2.27. The Morgan fingerprint density at radius 3 is 2.63 bits per heavy atom. The van der Waals surface area contributed by atoms with Gasteiger partial charge in [0.05, 0.1) is 7.11 Å². The molecule has 1 heterocycles. The number of benzene rings is 2. The summed E-state index contributed by atoms with van der Waals surface area (Å²) in [5.74, 6) is 0.892. The molecule has 0 aliphatic heterocycles. The molecular formula is C17H17NO. The van der Waals surface area contributed by atoms with Crippen LogP contribution in [0.2, 0.25) is 0 Å². The standard InChI is InChI=1S/C17H17NO/c1-3-18-10-9-13-7-8-15(12-17(13)18)14-5-4-6-16(11-14)19-2/h4-12H,3H2,1-2H3. The molecule has 19 heavy (non-hydrogen) atoms. The highest BCUT2D eigenvalue weighted by Gasteiger charge is 2.04. The van der Waals surface area contributed by atoms with E-state index in [2.05, 4.69) is 54.1 Å². The minimum absolute atomic E-state index is 0.892. The van der Waals surface area contributed by atoms with Crippen molar-refractivity contribution in [3.05, 3.63) is 54.7 Å². The molecule has 2 nitrogen and oxygen atoms in total. The Labute approximate surface area is 113 Å². The number of hydrogen-bond acceptors (Lipinski definition) is 1. The molecule has 0 amide bonds. The van der Waals surface area contributed by atoms with Crippen LogP contribution in [-0.4, -0.2) is 11.7 Å². The number of rotatable bonds is 3. The third-order valence-corrected chi connectivity index (χ3v) is 3.52. The molecule has 0 N–H and O–H groups in total. The summed E-state index contributed by atoms with van der Waals surface area (Å²) in [4.78, 5) is 0. The van der Waals surface area contributed by atoms with Crippen LogP contribution in [0.4, 0.5) is 0 Å². The van der Waals surface area contributed by atoms with E-state index in [0.29, 0.717) is 0 Å². The Bertz CT molecular complexity index is 712. The highest BCUT2D eigenvalue weighted by molar-refractivity contribution is 5.85. The maximum Gasteiger partial charge on any atom is 0.119 e. The summed E-state index contributed by atoms with van der Waals surface area (Å²) in [6.45, 7) is 3.16. The average Bonchev–Trinajstić information content (AvgIpc) is 2.89. The molecule has 96 valence electrons. The maximum atomic E-state index is 5.29. The van der Waals surface area contributed by atoms with Gasteiger partial charge in [-0.05, 0) is 47.7 Å². The Kier molecular flexibility index (Phi) is 3.00. The van der Waals surface area contributed by atoms with Crippen LogP contribution in [0.15, 0.2) is 54.7 Å². The molecule has 2 heteroatoms. The Balaban J connectivity index is 2.13. The van der Waals surface area contributed by atoms with Crippen molar-refractivity contribution in [2.75, 3.05) is 7.11 Å². The van der Waals surface area contributed by atoms with Crippen LogP contribution in [0, 0.1) is 0 Å². The summed E-state index contributed by atoms with van der Waals surface area (Å²) in [5, 5.41) is 1.29. The second kappa shape index (κ2) is 4.81. The second-order valence-corrected chi connectivity index (χ2v) is 4.61. The third kappa shape index (κ3) is 2.10. The molecule has 3 aromatic rings. The predicted octanol–water partition coefficient (Wildman–Crippen LogP) is 4.34. The van der Waals surface area contributed by atoms with Gasteiger partial charge in [0, 0.05) is 18.3 Å². The van der Waals surface area contributed by atoms with Crippen molar-refractivity contribution in [1.82, 2.24) is 4.57 Å². The van der Waals surface area contributed by atoms with E-state index in [4.69, 9.17) is 4.74 Å². The van der Waals surface area contributed by atoms with E-state index in [9.17, 15) is 0 Å². The molecule has 1 aromatic heterocycles. The molecule has 0 aliphatic rings. The van der Waals surface area contributed by atoms with Crippen LogP contribution in [0.3, 0.4) is 0 Å². The van der Waals surface area contributed by atoms with Gasteiger partial charge in [-0.2, -0.15) is 0 Å². The van der Waals surface area contributed by atoms with Gasteiger partial charge in [0.15, 0.2) is 0 Å². The van der Waals surface area contributed by atoms with Gasteiger partial charge in [0.2, 0.25) is 0 Å². The first kappa shape index (κ1) is 11.8. The van der Waals surface area contributed by atoms with Crippen LogP contribution in [-0.2, 0) is 6.54 Å². The van der Waals surface area contributed by atoms with Gasteiger partial charge in [-0.3, -0.25) is 0 Å². The van der Waals surface area contributed by atoms with Crippen molar-refractivity contribution < 1.29 is 4.74 Å². The number of methoxy groups -OCH3 is 1. The lowest BCUT2D eigenvalue weighted by atomic mass is 10.0. The van der Waals surface area contributed by atoms with Gasteiger partial charge in [0.25, 0.3) is 0 Å². The van der Waals surface area contributed by atoms with Crippen LogP contribution in [0.25, 0.3) is 22.0 Å². The van der Waals surface area contributed by atoms with Crippen LogP contribution in [0.1, 0.15) is 6.92 Å². The SMILES string of the molecule is CCn1ccc2ccc(-c3cccc(OC)c3)cc21. The largest absolute Gasteiger partial charge is 0.497 e. The first-order valence-corrected chi connectivity index (χ1v) is 6.55. The van der Waals surface area contributed by atoms with Gasteiger partial charge in [-0.25, -0.2) is 0 Å². The fourth-order valence-electron chi connectivity index (χ4n) is 2.44. The Hall–Kier alpha value is -2.22. The lowest BCUT2D eigenvalue weighted by Gasteiger charge is -2.07. The van der Waals surface area contributed by atoms with Gasteiger partial charge in [0.1, 0.15) is 5.75 Å². The van der Waals surface area contributed by atoms with Crippen molar-refractivity contribution in [3.8, 4) is 16.9 Å². The third-order valence-electron chi connectivity index (χ3n) is 3.52. The topological polar surface area (TPSA) is 14.2 Å². The van der Waals surface area contributed by atoms with E-state index in [1.807, 2.05) is 12.1 Å². The fraction of sp³-hybridized carbons (Fsp3) is 0.176. The lowest BCUT2D eigenvalue weighted by Crippen LogP contribution is -1.91. The van der Waals surface area contributed by atoms with E-state index in [1.165, 1.54) is 22.0 Å². The number of fused-ring (bicyclic) bond motifs is 1. The average molecular weight is 251 g/mol. The van der Waals surface area contributed by atoms with Crippen molar-refractivity contribution >= 4 is 10.9 Å². The zero-order chi connectivity index (χ0) is 13.2. The fourth-order valence-corrected chi connectivity index (χ4v) is 2.44. The van der Waals surface area contributed by atoms with Gasteiger partial charge in [-0.1, -0.05) is 24.3 Å². The molecule has 2 aromatic carbocycles. The Morgan fingerprint density at radius 2 is 1.84 bits per heavy atom. The minimum Gasteiger partial charge on any atom is -0.497 e. The number of nitrogens with zero attached hydrogens (tertiary/aromatic N) is 1. The summed E-state index contributed by atoms with van der Waals surface area (Å²) >= 11 is 0. The van der Waals surface area contributed by atoms with E-state index < -0.39 is 0 Å². The molecule has 0 atom stereocenters. The smallest absolute Gasteiger partial charge is 0.119 e. The van der Waals surface area contributed by atoms with E-state index in [1.54, 1.807) is 7.11 Å². The predicted molar refractivity (Wildman–Crippen MR) is 79.6 cm³/mol. The zero-order valence-electron chi connectivity index (χ0n) is 11.3. The number of aryl methyl sites for hydroxylation is 1. The van der Waals surface area contributed by atoms with Crippen LogP contribution < -0.4 is 4.74 Å². The van der Waals surface area contributed by atoms with Crippen molar-refractivity contribution in [2.24, 2.45) is 0 Å². The second-order valence-electron chi connectivity index (χ2n) is 4.61. The van der Waals surface area contributed by atoms with E-state index in [-0.39, 0.29) is 0 Å². The number of hydrogen-bond donors (Lipinski definition) is 0. The molecule has 0 bridgehead atoms. The molecular weight excluding hydrogens is 234 g/mol. The number of aromatic nitrogens is 1. The number of ether oxygens (including phenoxy) is 1. The summed E-state index contributed by atoms with van der Waals surface area (Å²) in [6, 6.07) is 16.9. The van der Waals surface area contributed by atoms with E-state index >= 15 is 0 Å². The highest BCUT2D eigenvalue weighted by atomic mass is 16.5. The minimum atomic E-state index is 0.892. The monoisotopic (exact) mass is 251 g/mol. The van der Waals surface area contributed by atoms with Crippen molar-refractivity contribution in [3.63, 3.8) is 0 Å².